The summed E-state index contributed by atoms with van der Waals surface area (Å²) in [5, 5.41) is 15.5. The van der Waals surface area contributed by atoms with Gasteiger partial charge in [-0.15, -0.1) is 10.2 Å². The third-order valence-electron chi connectivity index (χ3n) is 4.14. The van der Waals surface area contributed by atoms with Gasteiger partial charge in [-0.2, -0.15) is 5.21 Å². The maximum Gasteiger partial charge on any atom is 0.262 e. The van der Waals surface area contributed by atoms with E-state index in [1.54, 1.807) is 42.1 Å². The predicted octanol–water partition coefficient (Wildman–Crippen LogP) is 3.10. The van der Waals surface area contributed by atoms with Gasteiger partial charge >= 0.3 is 0 Å². The number of carbonyl (C=O) groups excluding carboxylic acids is 1. The molecule has 26 heavy (non-hydrogen) atoms. The van der Waals surface area contributed by atoms with Crippen LogP contribution >= 0.6 is 11.6 Å². The quantitative estimate of drug-likeness (QED) is 0.599. The molecule has 0 unspecified atom stereocenters. The fourth-order valence-electron chi connectivity index (χ4n) is 2.87. The maximum atomic E-state index is 13.0. The van der Waals surface area contributed by atoms with E-state index in [0.717, 1.165) is 16.5 Å². The van der Waals surface area contributed by atoms with Crippen molar-refractivity contribution in [3.63, 3.8) is 0 Å². The average Bonchev–Trinajstić information content (AvgIpc) is 3.30. The van der Waals surface area contributed by atoms with Gasteiger partial charge in [-0.05, 0) is 48.0 Å². The van der Waals surface area contributed by atoms with Crippen molar-refractivity contribution in [3.8, 4) is 5.75 Å². The van der Waals surface area contributed by atoms with Crippen molar-refractivity contribution < 1.29 is 9.53 Å². The number of tetrazole rings is 1. The number of hydrogen-bond acceptors (Lipinski definition) is 5. The molecule has 4 aromatic rings. The Bertz CT molecular complexity index is 1070. The maximum absolute atomic E-state index is 13.0. The van der Waals surface area contributed by atoms with E-state index in [1.165, 1.54) is 0 Å². The summed E-state index contributed by atoms with van der Waals surface area (Å²) in [4.78, 5) is 13.0. The first-order valence-corrected chi connectivity index (χ1v) is 8.24. The molecule has 2 aromatic heterocycles. The van der Waals surface area contributed by atoms with Crippen LogP contribution in [0.25, 0.3) is 10.9 Å². The summed E-state index contributed by atoms with van der Waals surface area (Å²) in [6.07, 6.45) is 2.25. The second kappa shape index (κ2) is 6.61. The summed E-state index contributed by atoms with van der Waals surface area (Å²) in [5.74, 6) is 1.12. The van der Waals surface area contributed by atoms with Crippen LogP contribution in [-0.2, 0) is 6.42 Å². The van der Waals surface area contributed by atoms with Crippen molar-refractivity contribution >= 4 is 28.4 Å². The summed E-state index contributed by atoms with van der Waals surface area (Å²) in [5.41, 5.74) is 2.24. The molecule has 0 bridgehead atoms. The van der Waals surface area contributed by atoms with E-state index in [2.05, 4.69) is 20.6 Å². The molecule has 8 heteroatoms. The highest BCUT2D eigenvalue weighted by molar-refractivity contribution is 6.30. The highest BCUT2D eigenvalue weighted by Gasteiger charge is 2.17. The molecule has 0 aliphatic rings. The third kappa shape index (κ3) is 2.93. The van der Waals surface area contributed by atoms with Crippen LogP contribution in [0.4, 0.5) is 0 Å². The zero-order valence-corrected chi connectivity index (χ0v) is 14.6. The average molecular weight is 368 g/mol. The molecule has 130 valence electrons. The van der Waals surface area contributed by atoms with Crippen molar-refractivity contribution in [2.24, 2.45) is 0 Å². The van der Waals surface area contributed by atoms with Crippen molar-refractivity contribution in [2.75, 3.05) is 7.11 Å². The number of rotatable bonds is 4. The van der Waals surface area contributed by atoms with Crippen LogP contribution in [0.15, 0.2) is 48.7 Å². The summed E-state index contributed by atoms with van der Waals surface area (Å²) >= 11 is 5.92. The highest BCUT2D eigenvalue weighted by Crippen LogP contribution is 2.28. The van der Waals surface area contributed by atoms with Gasteiger partial charge in [-0.3, -0.25) is 9.36 Å². The lowest BCUT2D eigenvalue weighted by Crippen LogP contribution is -2.10. The topological polar surface area (TPSA) is 85.7 Å². The van der Waals surface area contributed by atoms with E-state index in [0.29, 0.717) is 28.6 Å². The second-order valence-electron chi connectivity index (χ2n) is 5.72. The lowest BCUT2D eigenvalue weighted by molar-refractivity contribution is 0.0965. The molecule has 0 radical (unpaired) electrons. The number of benzene rings is 2. The first-order chi connectivity index (χ1) is 12.7. The molecule has 2 heterocycles. The van der Waals surface area contributed by atoms with Crippen LogP contribution in [0.3, 0.4) is 0 Å². The van der Waals surface area contributed by atoms with Crippen LogP contribution in [0.2, 0.25) is 5.02 Å². The Balaban J connectivity index is 1.83. The molecule has 0 aliphatic heterocycles. The van der Waals surface area contributed by atoms with Gasteiger partial charge in [0.05, 0.1) is 12.6 Å². The number of methoxy groups -OCH3 is 1. The minimum absolute atomic E-state index is 0.142. The van der Waals surface area contributed by atoms with E-state index in [9.17, 15) is 4.79 Å². The first-order valence-electron chi connectivity index (χ1n) is 7.86. The minimum atomic E-state index is -0.142. The molecule has 0 spiro atoms. The van der Waals surface area contributed by atoms with Crippen LogP contribution in [0, 0.1) is 0 Å². The first kappa shape index (κ1) is 16.3. The lowest BCUT2D eigenvalue weighted by Gasteiger charge is -2.05. The van der Waals surface area contributed by atoms with Gasteiger partial charge in [0.25, 0.3) is 5.91 Å². The number of H-pyrrole nitrogens is 1. The lowest BCUT2D eigenvalue weighted by atomic mass is 10.1. The molecule has 2 aromatic carbocycles. The number of carbonyl (C=O) groups is 1. The molecule has 0 aliphatic carbocycles. The number of fused-ring (bicyclic) bond motifs is 1. The normalized spacial score (nSPS) is 11.0. The molecular weight excluding hydrogens is 354 g/mol. The van der Waals surface area contributed by atoms with Gasteiger partial charge in [0.2, 0.25) is 0 Å². The van der Waals surface area contributed by atoms with Crippen LogP contribution in [0.5, 0.6) is 5.75 Å². The number of nitrogens with one attached hydrogen (secondary N) is 1. The Kier molecular flexibility index (Phi) is 4.14. The van der Waals surface area contributed by atoms with Gasteiger partial charge in [-0.25, -0.2) is 0 Å². The minimum Gasteiger partial charge on any atom is -0.497 e. The zero-order valence-electron chi connectivity index (χ0n) is 13.8. The molecular formula is C18H14ClN5O2. The summed E-state index contributed by atoms with van der Waals surface area (Å²) < 4.78 is 6.94. The van der Waals surface area contributed by atoms with E-state index >= 15 is 0 Å². The van der Waals surface area contributed by atoms with Gasteiger partial charge in [0.15, 0.2) is 5.82 Å². The van der Waals surface area contributed by atoms with E-state index in [1.807, 2.05) is 18.2 Å². The number of ether oxygens (including phenoxy) is 1. The van der Waals surface area contributed by atoms with Crippen LogP contribution in [-0.4, -0.2) is 38.2 Å². The summed E-state index contributed by atoms with van der Waals surface area (Å²) in [7, 11) is 1.61. The molecule has 0 atom stereocenters. The molecule has 7 nitrogen and oxygen atoms in total. The number of aromatic nitrogens is 5. The summed E-state index contributed by atoms with van der Waals surface area (Å²) in [6, 6.07) is 12.4. The Labute approximate surface area is 153 Å². The zero-order chi connectivity index (χ0) is 18.1. The van der Waals surface area contributed by atoms with E-state index in [4.69, 9.17) is 16.3 Å². The largest absolute Gasteiger partial charge is 0.497 e. The van der Waals surface area contributed by atoms with Crippen molar-refractivity contribution in [2.45, 2.75) is 6.42 Å². The molecule has 0 fully saturated rings. The van der Waals surface area contributed by atoms with E-state index < -0.39 is 0 Å². The second-order valence-corrected chi connectivity index (χ2v) is 6.16. The Morgan fingerprint density at radius 1 is 1.23 bits per heavy atom. The molecule has 0 amide bonds. The molecule has 1 N–H and O–H groups in total. The van der Waals surface area contributed by atoms with Crippen molar-refractivity contribution in [1.82, 2.24) is 25.2 Å². The fraction of sp³-hybridized carbons (Fsp3) is 0.111. The van der Waals surface area contributed by atoms with Gasteiger partial charge in [0, 0.05) is 28.6 Å². The van der Waals surface area contributed by atoms with Gasteiger partial charge < -0.3 is 4.74 Å². The number of nitrogens with zero attached hydrogens (tertiary/aromatic N) is 4. The van der Waals surface area contributed by atoms with Crippen molar-refractivity contribution in [3.05, 3.63) is 70.6 Å². The number of halogens is 1. The summed E-state index contributed by atoms with van der Waals surface area (Å²) in [6.45, 7) is 0. The monoisotopic (exact) mass is 367 g/mol. The highest BCUT2D eigenvalue weighted by atomic mass is 35.5. The van der Waals surface area contributed by atoms with Crippen LogP contribution < -0.4 is 4.74 Å². The number of aromatic amines is 1. The SMILES string of the molecule is COc1ccc2c(c1)c(Cc1nn[nH]n1)cn2C(=O)c1ccc(Cl)cc1. The van der Waals surface area contributed by atoms with Crippen LogP contribution in [0.1, 0.15) is 21.7 Å². The Hall–Kier alpha value is -3.19. The Morgan fingerprint density at radius 2 is 2.04 bits per heavy atom. The van der Waals surface area contributed by atoms with Gasteiger partial charge in [0.1, 0.15) is 5.75 Å². The Morgan fingerprint density at radius 3 is 2.73 bits per heavy atom. The molecule has 0 saturated heterocycles. The fourth-order valence-corrected chi connectivity index (χ4v) is 3.00. The third-order valence-corrected chi connectivity index (χ3v) is 4.39. The van der Waals surface area contributed by atoms with Gasteiger partial charge in [-0.1, -0.05) is 16.8 Å². The standard InChI is InChI=1S/C18H14ClN5O2/c1-26-14-6-7-16-15(9-14)12(8-17-20-22-23-21-17)10-24(16)18(25)11-2-4-13(19)5-3-11/h2-7,9-10H,8H2,1H3,(H,20,21,22,23). The number of hydrogen-bond donors (Lipinski definition) is 1. The predicted molar refractivity (Wildman–Crippen MR) is 96.7 cm³/mol. The molecule has 4 rings (SSSR count). The molecule has 0 saturated carbocycles. The van der Waals surface area contributed by atoms with Crippen molar-refractivity contribution in [1.29, 1.82) is 0 Å². The van der Waals surface area contributed by atoms with E-state index in [-0.39, 0.29) is 5.91 Å². The smallest absolute Gasteiger partial charge is 0.262 e.